The summed E-state index contributed by atoms with van der Waals surface area (Å²) in [5.41, 5.74) is -4.52. The molecule has 310 valence electrons. The van der Waals surface area contributed by atoms with Crippen LogP contribution in [0.1, 0.15) is 88.0 Å². The van der Waals surface area contributed by atoms with Crippen LogP contribution in [0, 0.1) is 23.7 Å². The average Bonchev–Trinajstić information content (AvgIpc) is 3.11. The molecule has 5 N–H and O–H groups in total. The number of carbonyl (C=O) groups excluding carboxylic acids is 2. The number of aliphatic hydroxyl groups excluding tert-OH is 4. The number of likely N-dealkylation sites (N-methyl/N-ethyl adjacent to an activating group) is 1. The molecule has 3 aliphatic rings. The summed E-state index contributed by atoms with van der Waals surface area (Å²) in [4.78, 5) is 30.1. The lowest BCUT2D eigenvalue weighted by Crippen LogP contribution is -2.62. The number of nitrogens with zero attached hydrogens (tertiary/aromatic N) is 1. The van der Waals surface area contributed by atoms with Crippen LogP contribution in [0.3, 0.4) is 0 Å². The molecule has 3 fully saturated rings. The lowest BCUT2D eigenvalue weighted by atomic mass is 9.73. The first-order chi connectivity index (χ1) is 24.5. The summed E-state index contributed by atoms with van der Waals surface area (Å²) in [5.74, 6) is -5.31. The zero-order valence-corrected chi connectivity index (χ0v) is 34.1. The zero-order valence-electron chi connectivity index (χ0n) is 34.1. The molecule has 3 saturated heterocycles. The van der Waals surface area contributed by atoms with E-state index in [-0.39, 0.29) is 37.2 Å². The second-order valence-corrected chi connectivity index (χ2v) is 16.6. The van der Waals surface area contributed by atoms with Crippen molar-refractivity contribution < 1.29 is 68.3 Å². The molecule has 53 heavy (non-hydrogen) atoms. The molecule has 0 aromatic rings. The third-order valence-corrected chi connectivity index (χ3v) is 12.3. The van der Waals surface area contributed by atoms with Gasteiger partial charge in [-0.3, -0.25) is 9.59 Å². The number of aliphatic hydroxyl groups is 5. The molecule has 0 radical (unpaired) electrons. The monoisotopic (exact) mass is 763 g/mol. The lowest BCUT2D eigenvalue weighted by molar-refractivity contribution is -0.322. The summed E-state index contributed by atoms with van der Waals surface area (Å²) in [6.07, 6.45) is -10.1. The van der Waals surface area contributed by atoms with Crippen molar-refractivity contribution in [1.82, 2.24) is 4.90 Å². The van der Waals surface area contributed by atoms with Gasteiger partial charge in [0.2, 0.25) is 0 Å². The molecule has 0 aromatic carbocycles. The van der Waals surface area contributed by atoms with Crippen LogP contribution < -0.4 is 0 Å². The first-order valence-corrected chi connectivity index (χ1v) is 19.0. The Hall–Kier alpha value is -1.34. The maximum Gasteiger partial charge on any atom is 0.311 e. The van der Waals surface area contributed by atoms with E-state index in [0.717, 1.165) is 0 Å². The van der Waals surface area contributed by atoms with Gasteiger partial charge >= 0.3 is 5.97 Å². The van der Waals surface area contributed by atoms with E-state index in [1.54, 1.807) is 41.5 Å². The van der Waals surface area contributed by atoms with Gasteiger partial charge in [-0.1, -0.05) is 20.8 Å². The van der Waals surface area contributed by atoms with E-state index < -0.39 is 108 Å². The standard InChI is InChI=1S/C38H69NO14/c1-14-26-38(9,46)31(43)21(4)28(41)19(2)16-37(8,48-13)33(53-35-29(42)25(39(10)11)15-20(3)49-35)24(18-40)30(22(5)34(45)51-26)52-27-17-36(7,47-12)32(44)23(6)50-27/h19-27,29-33,35,40,42-44,46H,14-18H2,1-13H3/t19-,20-,21+,22-,23+,24+,25+,26-,27+,29-,30-,31-,32+,33-,35+,36-,37-,38-/m1/s1. The predicted octanol–water partition coefficient (Wildman–Crippen LogP) is 1.41. The Balaban J connectivity index is 2.27. The Morgan fingerprint density at radius 3 is 2.00 bits per heavy atom. The van der Waals surface area contributed by atoms with Gasteiger partial charge < -0.3 is 63.6 Å². The van der Waals surface area contributed by atoms with Crippen molar-refractivity contribution in [2.45, 2.75) is 172 Å². The number of carbonyl (C=O) groups is 2. The molecular weight excluding hydrogens is 694 g/mol. The normalized spacial score (nSPS) is 48.3. The molecule has 0 bridgehead atoms. The summed E-state index contributed by atoms with van der Waals surface area (Å²) in [6, 6.07) is -0.346. The highest BCUT2D eigenvalue weighted by Crippen LogP contribution is 2.42. The van der Waals surface area contributed by atoms with Crippen molar-refractivity contribution in [2.75, 3.05) is 34.9 Å². The number of hydrogen-bond donors (Lipinski definition) is 5. The van der Waals surface area contributed by atoms with E-state index in [2.05, 4.69) is 0 Å². The fourth-order valence-electron chi connectivity index (χ4n) is 8.55. The summed E-state index contributed by atoms with van der Waals surface area (Å²) in [7, 11) is 6.60. The van der Waals surface area contributed by atoms with Crippen molar-refractivity contribution >= 4 is 11.8 Å². The maximum atomic E-state index is 14.2. The number of methoxy groups -OCH3 is 2. The van der Waals surface area contributed by atoms with E-state index in [4.69, 9.17) is 33.2 Å². The van der Waals surface area contributed by atoms with Crippen LogP contribution in [-0.2, 0) is 42.7 Å². The first kappa shape index (κ1) is 46.0. The smallest absolute Gasteiger partial charge is 0.311 e. The van der Waals surface area contributed by atoms with Crippen LogP contribution in [0.15, 0.2) is 0 Å². The number of ketones is 1. The minimum atomic E-state index is -2.02. The van der Waals surface area contributed by atoms with Gasteiger partial charge in [-0.15, -0.1) is 0 Å². The van der Waals surface area contributed by atoms with E-state index >= 15 is 0 Å². The van der Waals surface area contributed by atoms with Crippen LogP contribution in [0.5, 0.6) is 0 Å². The third-order valence-electron chi connectivity index (χ3n) is 12.3. The molecule has 0 unspecified atom stereocenters. The molecule has 15 nitrogen and oxygen atoms in total. The summed E-state index contributed by atoms with van der Waals surface area (Å²) in [5, 5.41) is 57.0. The van der Waals surface area contributed by atoms with Crippen LogP contribution >= 0.6 is 0 Å². The van der Waals surface area contributed by atoms with Gasteiger partial charge in [0.1, 0.15) is 29.7 Å². The van der Waals surface area contributed by atoms with Gasteiger partial charge in [0.25, 0.3) is 0 Å². The highest BCUT2D eigenvalue weighted by molar-refractivity contribution is 5.83. The largest absolute Gasteiger partial charge is 0.459 e. The molecule has 18 atom stereocenters. The van der Waals surface area contributed by atoms with E-state index in [9.17, 15) is 35.1 Å². The molecule has 0 saturated carbocycles. The van der Waals surface area contributed by atoms with Gasteiger partial charge in [0.05, 0.1) is 54.2 Å². The Labute approximate surface area is 315 Å². The van der Waals surface area contributed by atoms with Crippen molar-refractivity contribution in [3.8, 4) is 0 Å². The summed E-state index contributed by atoms with van der Waals surface area (Å²) >= 11 is 0. The molecule has 0 amide bonds. The summed E-state index contributed by atoms with van der Waals surface area (Å²) < 4.78 is 43.5. The molecule has 3 rings (SSSR count). The molecule has 0 aliphatic carbocycles. The Morgan fingerprint density at radius 1 is 0.868 bits per heavy atom. The summed E-state index contributed by atoms with van der Waals surface area (Å²) in [6.45, 7) is 14.1. The van der Waals surface area contributed by atoms with Gasteiger partial charge in [-0.2, -0.15) is 0 Å². The second kappa shape index (κ2) is 18.3. The predicted molar refractivity (Wildman–Crippen MR) is 192 cm³/mol. The fourth-order valence-corrected chi connectivity index (χ4v) is 8.55. The Kier molecular flexibility index (Phi) is 15.9. The quantitative estimate of drug-likeness (QED) is 0.211. The molecule has 15 heteroatoms. The van der Waals surface area contributed by atoms with Crippen molar-refractivity contribution in [3.63, 3.8) is 0 Å². The highest BCUT2D eigenvalue weighted by Gasteiger charge is 2.55. The van der Waals surface area contributed by atoms with Crippen molar-refractivity contribution in [1.29, 1.82) is 0 Å². The third kappa shape index (κ3) is 9.80. The average molecular weight is 764 g/mol. The van der Waals surface area contributed by atoms with E-state index in [1.165, 1.54) is 28.1 Å². The minimum absolute atomic E-state index is 0.00579. The number of hydrogen-bond acceptors (Lipinski definition) is 15. The van der Waals surface area contributed by atoms with Crippen molar-refractivity contribution in [2.24, 2.45) is 23.7 Å². The van der Waals surface area contributed by atoms with Gasteiger partial charge in [-0.25, -0.2) is 0 Å². The molecular formula is C38H69NO14. The maximum absolute atomic E-state index is 14.2. The lowest BCUT2D eigenvalue weighted by Gasteiger charge is -2.50. The van der Waals surface area contributed by atoms with Gasteiger partial charge in [-0.05, 0) is 74.9 Å². The van der Waals surface area contributed by atoms with Gasteiger partial charge in [0.15, 0.2) is 12.6 Å². The Morgan fingerprint density at radius 2 is 1.47 bits per heavy atom. The minimum Gasteiger partial charge on any atom is -0.459 e. The number of esters is 1. The topological polar surface area (TPSA) is 203 Å². The van der Waals surface area contributed by atoms with Crippen molar-refractivity contribution in [3.05, 3.63) is 0 Å². The van der Waals surface area contributed by atoms with Crippen LogP contribution in [0.2, 0.25) is 0 Å². The zero-order chi connectivity index (χ0) is 40.4. The van der Waals surface area contributed by atoms with Crippen LogP contribution in [-0.4, -0.2) is 161 Å². The molecule has 0 spiro atoms. The van der Waals surface area contributed by atoms with Gasteiger partial charge in [0, 0.05) is 44.4 Å². The second-order valence-electron chi connectivity index (χ2n) is 16.6. The number of ether oxygens (including phenoxy) is 7. The number of Topliss-reactive ketones (excluding diaryl/α,β-unsaturated/α-hetero) is 1. The first-order valence-electron chi connectivity index (χ1n) is 19.0. The number of cyclic esters (lactones) is 1. The molecule has 3 heterocycles. The van der Waals surface area contributed by atoms with E-state index in [1.807, 2.05) is 25.9 Å². The SMILES string of the molecule is CC[C@H]1OC(=O)[C@H](C)[C@@H](O[C@H]2C[C@@](C)(OC)[C@@H](O)[C@H](C)O2)[C@H](CO)[C@@H](O[C@@H]2O[C@H](C)C[C@H](N(C)C)[C@H]2O)[C@](C)(OC)C[C@@H](C)C(=O)[C@H](C)[C@@H](O)[C@]1(C)O. The van der Waals surface area contributed by atoms with E-state index in [0.29, 0.717) is 6.42 Å². The van der Waals surface area contributed by atoms with Crippen LogP contribution in [0.25, 0.3) is 0 Å². The fraction of sp³-hybridized carbons (Fsp3) is 0.947. The van der Waals surface area contributed by atoms with Crippen LogP contribution in [0.4, 0.5) is 0 Å². The molecule has 0 aromatic heterocycles. The Bertz CT molecular complexity index is 1210. The molecule has 3 aliphatic heterocycles. The highest BCUT2D eigenvalue weighted by atomic mass is 16.7. The number of rotatable bonds is 9.